The zero-order valence-corrected chi connectivity index (χ0v) is 26.2. The number of ether oxygens (including phenoxy) is 4. The fraction of sp³-hybridized carbons (Fsp3) is 0.968. The van der Waals surface area contributed by atoms with Crippen molar-refractivity contribution in [1.29, 1.82) is 0 Å². The SMILES string of the molecule is CCCCCCCCCCCCCCC(=O)OCC(O)CO[C@@H]1O[C@H](CO[C@@H]2C[C@H](CO)[C@@H](O)[C@H](O)[C@H]2O)[C@@H](O)[C@H](O)[C@H]1O. The van der Waals surface area contributed by atoms with Gasteiger partial charge in [-0.05, 0) is 12.8 Å². The molecular formula is C31H58O13. The minimum absolute atomic E-state index is 0.0219. The number of esters is 1. The maximum atomic E-state index is 12.0. The second kappa shape index (κ2) is 21.8. The Bertz CT molecular complexity index is 756. The monoisotopic (exact) mass is 638 g/mol. The third-order valence-corrected chi connectivity index (χ3v) is 8.60. The first kappa shape index (κ1) is 39.2. The molecule has 0 bridgehead atoms. The maximum Gasteiger partial charge on any atom is 0.305 e. The van der Waals surface area contributed by atoms with Gasteiger partial charge < -0.3 is 59.8 Å². The lowest BCUT2D eigenvalue weighted by atomic mass is 9.81. The fourth-order valence-electron chi connectivity index (χ4n) is 5.66. The van der Waals surface area contributed by atoms with E-state index in [1.807, 2.05) is 0 Å². The van der Waals surface area contributed by atoms with Crippen LogP contribution in [0.25, 0.3) is 0 Å². The van der Waals surface area contributed by atoms with E-state index in [-0.39, 0.29) is 26.1 Å². The summed E-state index contributed by atoms with van der Waals surface area (Å²) >= 11 is 0. The molecule has 8 N–H and O–H groups in total. The summed E-state index contributed by atoms with van der Waals surface area (Å²) in [5.74, 6) is -1.16. The number of carbonyl (C=O) groups excluding carboxylic acids is 1. The van der Waals surface area contributed by atoms with Gasteiger partial charge >= 0.3 is 5.97 Å². The molecule has 44 heavy (non-hydrogen) atoms. The van der Waals surface area contributed by atoms with Crippen LogP contribution >= 0.6 is 0 Å². The summed E-state index contributed by atoms with van der Waals surface area (Å²) < 4.78 is 21.6. The summed E-state index contributed by atoms with van der Waals surface area (Å²) in [6, 6.07) is 0. The van der Waals surface area contributed by atoms with E-state index in [0.29, 0.717) is 6.42 Å². The van der Waals surface area contributed by atoms with Crippen molar-refractivity contribution in [2.45, 2.75) is 158 Å². The average Bonchev–Trinajstić information content (AvgIpc) is 3.02. The van der Waals surface area contributed by atoms with E-state index in [1.54, 1.807) is 0 Å². The van der Waals surface area contributed by atoms with Crippen molar-refractivity contribution >= 4 is 5.97 Å². The predicted octanol–water partition coefficient (Wildman–Crippen LogP) is 0.286. The number of unbranched alkanes of at least 4 members (excludes halogenated alkanes) is 11. The maximum absolute atomic E-state index is 12.0. The van der Waals surface area contributed by atoms with E-state index in [9.17, 15) is 45.6 Å². The highest BCUT2D eigenvalue weighted by molar-refractivity contribution is 5.69. The molecule has 2 aliphatic rings. The molecule has 13 heteroatoms. The Balaban J connectivity index is 1.61. The van der Waals surface area contributed by atoms with Gasteiger partial charge in [-0.3, -0.25) is 4.79 Å². The van der Waals surface area contributed by atoms with Crippen molar-refractivity contribution in [1.82, 2.24) is 0 Å². The molecule has 0 aromatic rings. The highest BCUT2D eigenvalue weighted by Gasteiger charge is 2.47. The summed E-state index contributed by atoms with van der Waals surface area (Å²) in [5, 5.41) is 80.8. The van der Waals surface area contributed by atoms with Crippen molar-refractivity contribution in [3.05, 3.63) is 0 Å². The summed E-state index contributed by atoms with van der Waals surface area (Å²) in [7, 11) is 0. The summed E-state index contributed by atoms with van der Waals surface area (Å²) in [5.41, 5.74) is 0. The van der Waals surface area contributed by atoms with Crippen molar-refractivity contribution < 1.29 is 64.6 Å². The Kier molecular flexibility index (Phi) is 19.4. The van der Waals surface area contributed by atoms with Crippen LogP contribution in [-0.2, 0) is 23.7 Å². The van der Waals surface area contributed by atoms with Gasteiger partial charge in [0, 0.05) is 18.9 Å². The Labute approximate surface area is 261 Å². The van der Waals surface area contributed by atoms with Gasteiger partial charge in [0.15, 0.2) is 6.29 Å². The molecule has 1 aliphatic carbocycles. The van der Waals surface area contributed by atoms with E-state index in [0.717, 1.165) is 19.3 Å². The molecular weight excluding hydrogens is 580 g/mol. The van der Waals surface area contributed by atoms with Gasteiger partial charge in [0.05, 0.1) is 25.4 Å². The molecule has 0 radical (unpaired) electrons. The molecule has 1 saturated heterocycles. The van der Waals surface area contributed by atoms with Crippen molar-refractivity contribution in [2.24, 2.45) is 5.92 Å². The van der Waals surface area contributed by atoms with Crippen LogP contribution in [0.5, 0.6) is 0 Å². The van der Waals surface area contributed by atoms with E-state index >= 15 is 0 Å². The third-order valence-electron chi connectivity index (χ3n) is 8.60. The third kappa shape index (κ3) is 13.4. The normalized spacial score (nSPS) is 33.3. The lowest BCUT2D eigenvalue weighted by Crippen LogP contribution is -2.60. The van der Waals surface area contributed by atoms with E-state index in [2.05, 4.69) is 6.92 Å². The molecule has 11 atom stereocenters. The van der Waals surface area contributed by atoms with Crippen LogP contribution in [0.15, 0.2) is 0 Å². The van der Waals surface area contributed by atoms with Crippen molar-refractivity contribution in [3.63, 3.8) is 0 Å². The van der Waals surface area contributed by atoms with Gasteiger partial charge in [-0.15, -0.1) is 0 Å². The van der Waals surface area contributed by atoms with Crippen LogP contribution in [0.2, 0.25) is 0 Å². The van der Waals surface area contributed by atoms with E-state index < -0.39 is 86.3 Å². The van der Waals surface area contributed by atoms with Gasteiger partial charge in [-0.2, -0.15) is 0 Å². The number of rotatable bonds is 22. The first-order valence-electron chi connectivity index (χ1n) is 16.5. The van der Waals surface area contributed by atoms with Crippen LogP contribution in [0.4, 0.5) is 0 Å². The van der Waals surface area contributed by atoms with Crippen LogP contribution in [0, 0.1) is 5.92 Å². The van der Waals surface area contributed by atoms with Gasteiger partial charge in [-0.1, -0.05) is 77.6 Å². The Morgan fingerprint density at radius 1 is 0.727 bits per heavy atom. The highest BCUT2D eigenvalue weighted by Crippen LogP contribution is 2.29. The van der Waals surface area contributed by atoms with Gasteiger partial charge in [0.2, 0.25) is 0 Å². The van der Waals surface area contributed by atoms with Crippen LogP contribution in [-0.4, -0.2) is 134 Å². The minimum atomic E-state index is -1.68. The van der Waals surface area contributed by atoms with Gasteiger partial charge in [-0.25, -0.2) is 0 Å². The number of hydrogen-bond acceptors (Lipinski definition) is 13. The summed E-state index contributed by atoms with van der Waals surface area (Å²) in [6.45, 7) is 0.684. The Morgan fingerprint density at radius 3 is 1.89 bits per heavy atom. The minimum Gasteiger partial charge on any atom is -0.463 e. The average molecular weight is 639 g/mol. The lowest BCUT2D eigenvalue weighted by molar-refractivity contribution is -0.310. The topological polar surface area (TPSA) is 216 Å². The quantitative estimate of drug-likeness (QED) is 0.0592. The molecule has 1 saturated carbocycles. The van der Waals surface area contributed by atoms with Crippen LogP contribution in [0.1, 0.15) is 96.8 Å². The molecule has 260 valence electrons. The largest absolute Gasteiger partial charge is 0.463 e. The zero-order valence-electron chi connectivity index (χ0n) is 26.2. The first-order chi connectivity index (χ1) is 21.1. The molecule has 2 fully saturated rings. The Hall–Kier alpha value is -0.970. The summed E-state index contributed by atoms with van der Waals surface area (Å²) in [4.78, 5) is 12.0. The first-order valence-corrected chi connectivity index (χ1v) is 16.5. The fourth-order valence-corrected chi connectivity index (χ4v) is 5.66. The molecule has 0 aromatic carbocycles. The molecule has 0 spiro atoms. The molecule has 1 heterocycles. The van der Waals surface area contributed by atoms with Crippen LogP contribution < -0.4 is 0 Å². The molecule has 1 aliphatic heterocycles. The van der Waals surface area contributed by atoms with Crippen molar-refractivity contribution in [3.8, 4) is 0 Å². The second-order valence-electron chi connectivity index (χ2n) is 12.3. The zero-order chi connectivity index (χ0) is 32.5. The highest BCUT2D eigenvalue weighted by atomic mass is 16.7. The van der Waals surface area contributed by atoms with E-state index in [4.69, 9.17) is 18.9 Å². The number of aliphatic hydroxyl groups excluding tert-OH is 8. The van der Waals surface area contributed by atoms with Gasteiger partial charge in [0.1, 0.15) is 49.3 Å². The number of aliphatic hydroxyl groups is 8. The smallest absolute Gasteiger partial charge is 0.305 e. The van der Waals surface area contributed by atoms with Crippen LogP contribution in [0.3, 0.4) is 0 Å². The molecule has 1 unspecified atom stereocenters. The van der Waals surface area contributed by atoms with Gasteiger partial charge in [0.25, 0.3) is 0 Å². The second-order valence-corrected chi connectivity index (χ2v) is 12.3. The molecule has 13 nitrogen and oxygen atoms in total. The Morgan fingerprint density at radius 2 is 1.30 bits per heavy atom. The predicted molar refractivity (Wildman–Crippen MR) is 158 cm³/mol. The lowest BCUT2D eigenvalue weighted by Gasteiger charge is -2.42. The van der Waals surface area contributed by atoms with E-state index in [1.165, 1.54) is 51.4 Å². The molecule has 0 aromatic heterocycles. The summed E-state index contributed by atoms with van der Waals surface area (Å²) in [6.07, 6.45) is 0.360. The standard InChI is InChI=1S/C31H58O13/c1-2-3-4-5-6-7-8-9-10-11-12-13-14-24(34)42-17-21(33)18-43-31-30(40)29(39)27(37)23(44-31)19-41-22-15-20(16-32)25(35)28(38)26(22)36/h20-23,25-33,35-40H,2-19H2,1H3/t20-,21?,22-,23-,25-,26+,27-,28+,29+,30-,31-/m1/s1. The number of carbonyl (C=O) groups is 1. The molecule has 2 rings (SSSR count). The number of hydrogen-bond donors (Lipinski definition) is 8. The van der Waals surface area contributed by atoms with Crippen molar-refractivity contribution in [2.75, 3.05) is 26.4 Å². The molecule has 0 amide bonds.